The van der Waals surface area contributed by atoms with Crippen LogP contribution in [0.3, 0.4) is 0 Å². The summed E-state index contributed by atoms with van der Waals surface area (Å²) in [6, 6.07) is 23.2. The van der Waals surface area contributed by atoms with Crippen molar-refractivity contribution in [1.82, 2.24) is 0 Å². The molecule has 0 atom stereocenters. The molecule has 5 heteroatoms. The molecule has 0 saturated heterocycles. The second-order valence-corrected chi connectivity index (χ2v) is 6.76. The number of anilines is 2. The van der Waals surface area contributed by atoms with E-state index in [4.69, 9.17) is 17.0 Å². The van der Waals surface area contributed by atoms with E-state index in [1.165, 1.54) is 5.56 Å². The number of hydrogen-bond donors (Lipinski definition) is 2. The molecule has 0 saturated carbocycles. The first-order valence-corrected chi connectivity index (χ1v) is 9.60. The van der Waals surface area contributed by atoms with Gasteiger partial charge in [-0.05, 0) is 54.5 Å². The minimum atomic E-state index is 0.234. The highest BCUT2D eigenvalue weighted by atomic mass is 32.1. The molecule has 4 nitrogen and oxygen atoms in total. The average molecular weight is 393 g/mol. The van der Waals surface area contributed by atoms with Crippen LogP contribution in [0.5, 0.6) is 11.5 Å². The topological polar surface area (TPSA) is 44.7 Å². The van der Waals surface area contributed by atoms with Crippen molar-refractivity contribution in [1.29, 1.82) is 0 Å². The highest BCUT2D eigenvalue weighted by Crippen LogP contribution is 2.31. The number of nitrogens with one attached hydrogen (secondary N) is 1. The maximum atomic E-state index is 10.3. The molecule has 0 bridgehead atoms. The van der Waals surface area contributed by atoms with E-state index in [9.17, 15) is 5.11 Å². The van der Waals surface area contributed by atoms with Crippen molar-refractivity contribution in [2.75, 3.05) is 17.3 Å². The van der Waals surface area contributed by atoms with Gasteiger partial charge >= 0.3 is 0 Å². The second kappa shape index (κ2) is 9.24. The monoisotopic (exact) mass is 392 g/mol. The van der Waals surface area contributed by atoms with Crippen molar-refractivity contribution >= 4 is 28.7 Å². The van der Waals surface area contributed by atoms with Gasteiger partial charge in [0.2, 0.25) is 0 Å². The number of hydrogen-bond acceptors (Lipinski definition) is 3. The number of nitrogens with zero attached hydrogens (tertiary/aromatic N) is 1. The normalized spacial score (nSPS) is 10.4. The lowest BCUT2D eigenvalue weighted by Crippen LogP contribution is -2.34. The number of methoxy groups -OCH3 is 1. The largest absolute Gasteiger partial charge is 0.508 e. The fourth-order valence-corrected chi connectivity index (χ4v) is 3.27. The van der Waals surface area contributed by atoms with Crippen molar-refractivity contribution in [2.24, 2.45) is 0 Å². The van der Waals surface area contributed by atoms with Crippen LogP contribution in [-0.4, -0.2) is 17.3 Å². The molecular weight excluding hydrogens is 368 g/mol. The Kier molecular flexibility index (Phi) is 6.50. The number of rotatable bonds is 6. The van der Waals surface area contributed by atoms with E-state index >= 15 is 0 Å². The van der Waals surface area contributed by atoms with Gasteiger partial charge in [-0.2, -0.15) is 0 Å². The van der Waals surface area contributed by atoms with Gasteiger partial charge < -0.3 is 20.1 Å². The third kappa shape index (κ3) is 4.61. The van der Waals surface area contributed by atoms with Gasteiger partial charge in [-0.1, -0.05) is 49.4 Å². The Morgan fingerprint density at radius 1 is 1.04 bits per heavy atom. The molecule has 3 aromatic rings. The summed E-state index contributed by atoms with van der Waals surface area (Å²) in [6.45, 7) is 2.53. The zero-order valence-corrected chi connectivity index (χ0v) is 16.9. The van der Waals surface area contributed by atoms with E-state index in [-0.39, 0.29) is 5.75 Å². The first-order valence-electron chi connectivity index (χ1n) is 9.19. The molecule has 0 radical (unpaired) electrons. The molecule has 0 heterocycles. The second-order valence-electron chi connectivity index (χ2n) is 6.37. The molecule has 3 rings (SSSR count). The van der Waals surface area contributed by atoms with Gasteiger partial charge in [-0.25, -0.2) is 0 Å². The van der Waals surface area contributed by atoms with Crippen LogP contribution in [0, 0.1) is 0 Å². The molecule has 2 N–H and O–H groups in total. The van der Waals surface area contributed by atoms with Gasteiger partial charge in [0.1, 0.15) is 11.5 Å². The average Bonchev–Trinajstić information content (AvgIpc) is 2.73. The van der Waals surface area contributed by atoms with Crippen molar-refractivity contribution in [3.63, 3.8) is 0 Å². The summed E-state index contributed by atoms with van der Waals surface area (Å²) >= 11 is 5.75. The van der Waals surface area contributed by atoms with Crippen molar-refractivity contribution in [3.8, 4) is 11.5 Å². The third-order valence-corrected chi connectivity index (χ3v) is 4.85. The van der Waals surface area contributed by atoms with Crippen LogP contribution >= 0.6 is 12.2 Å². The van der Waals surface area contributed by atoms with Gasteiger partial charge in [0, 0.05) is 11.3 Å². The minimum absolute atomic E-state index is 0.234. The lowest BCUT2D eigenvalue weighted by molar-refractivity contribution is 0.415. The molecule has 0 amide bonds. The Balaban J connectivity index is 1.95. The predicted octanol–water partition coefficient (Wildman–Crippen LogP) is 5.37. The van der Waals surface area contributed by atoms with E-state index in [0.717, 1.165) is 23.4 Å². The number of thiocarbonyl (C=S) groups is 1. The zero-order chi connectivity index (χ0) is 19.9. The number of phenols is 1. The molecule has 28 heavy (non-hydrogen) atoms. The molecule has 0 aliphatic carbocycles. The van der Waals surface area contributed by atoms with Gasteiger partial charge in [-0.3, -0.25) is 0 Å². The Morgan fingerprint density at radius 3 is 2.54 bits per heavy atom. The number of phenolic OH excluding ortho intramolecular Hbond substituents is 1. The smallest absolute Gasteiger partial charge is 0.178 e. The zero-order valence-electron chi connectivity index (χ0n) is 16.1. The van der Waals surface area contributed by atoms with E-state index in [1.54, 1.807) is 19.2 Å². The summed E-state index contributed by atoms with van der Waals surface area (Å²) in [4.78, 5) is 1.93. The lowest BCUT2D eigenvalue weighted by atomic mass is 10.1. The van der Waals surface area contributed by atoms with E-state index in [1.807, 2.05) is 53.4 Å². The number of benzene rings is 3. The van der Waals surface area contributed by atoms with Gasteiger partial charge in [0.15, 0.2) is 5.11 Å². The van der Waals surface area contributed by atoms with Crippen LogP contribution in [0.1, 0.15) is 18.1 Å². The Labute approximate surface area is 171 Å². The first-order chi connectivity index (χ1) is 13.6. The molecule has 0 aliphatic rings. The van der Waals surface area contributed by atoms with Crippen molar-refractivity contribution < 1.29 is 9.84 Å². The number of ether oxygens (including phenoxy) is 1. The fourth-order valence-electron chi connectivity index (χ4n) is 2.99. The first kappa shape index (κ1) is 19.7. The third-order valence-electron chi connectivity index (χ3n) is 4.53. The molecule has 3 aromatic carbocycles. The van der Waals surface area contributed by atoms with Gasteiger partial charge in [-0.15, -0.1) is 0 Å². The lowest BCUT2D eigenvalue weighted by Gasteiger charge is -2.28. The summed E-state index contributed by atoms with van der Waals surface area (Å²) in [5.41, 5.74) is 3.77. The van der Waals surface area contributed by atoms with Gasteiger partial charge in [0.05, 0.1) is 19.3 Å². The summed E-state index contributed by atoms with van der Waals surface area (Å²) in [5.74, 6) is 0.947. The van der Waals surface area contributed by atoms with Gasteiger partial charge in [0.25, 0.3) is 0 Å². The molecule has 0 aromatic heterocycles. The summed E-state index contributed by atoms with van der Waals surface area (Å²) in [7, 11) is 1.64. The summed E-state index contributed by atoms with van der Waals surface area (Å²) in [6.07, 6.45) is 0.955. The minimum Gasteiger partial charge on any atom is -0.508 e. The molecule has 144 valence electrons. The van der Waals surface area contributed by atoms with Crippen LogP contribution in [0.4, 0.5) is 11.4 Å². The Bertz CT molecular complexity index is 959. The standard InChI is InChI=1S/C23H24N2O2S/c1-3-17-9-8-11-19(15-17)24-23(28)25(16-18-10-4-6-13-21(18)26)20-12-5-7-14-22(20)27-2/h4-15,26H,3,16H2,1-2H3,(H,24,28). The van der Waals surface area contributed by atoms with Crippen molar-refractivity contribution in [3.05, 3.63) is 83.9 Å². The highest BCUT2D eigenvalue weighted by molar-refractivity contribution is 7.80. The van der Waals surface area contributed by atoms with Crippen LogP contribution in [-0.2, 0) is 13.0 Å². The Hall–Kier alpha value is -3.05. The van der Waals surface area contributed by atoms with Crippen LogP contribution < -0.4 is 15.0 Å². The number of aryl methyl sites for hydroxylation is 1. The molecule has 0 spiro atoms. The molecular formula is C23H24N2O2S. The predicted molar refractivity (Wildman–Crippen MR) is 119 cm³/mol. The van der Waals surface area contributed by atoms with E-state index in [0.29, 0.717) is 17.4 Å². The SMILES string of the molecule is CCc1cccc(NC(=S)N(Cc2ccccc2O)c2ccccc2OC)c1. The van der Waals surface area contributed by atoms with Crippen LogP contribution in [0.15, 0.2) is 72.8 Å². The van der Waals surface area contributed by atoms with Crippen LogP contribution in [0.2, 0.25) is 0 Å². The Morgan fingerprint density at radius 2 is 1.79 bits per heavy atom. The molecule has 0 unspecified atom stereocenters. The fraction of sp³-hybridized carbons (Fsp3) is 0.174. The molecule has 0 fully saturated rings. The summed E-state index contributed by atoms with van der Waals surface area (Å²) in [5, 5.41) is 14.1. The quantitative estimate of drug-likeness (QED) is 0.553. The van der Waals surface area contributed by atoms with Crippen LogP contribution in [0.25, 0.3) is 0 Å². The highest BCUT2D eigenvalue weighted by Gasteiger charge is 2.18. The number of para-hydroxylation sites is 3. The molecule has 0 aliphatic heterocycles. The van der Waals surface area contributed by atoms with E-state index in [2.05, 4.69) is 24.4 Å². The maximum Gasteiger partial charge on any atom is 0.178 e. The van der Waals surface area contributed by atoms with Crippen molar-refractivity contribution in [2.45, 2.75) is 19.9 Å². The summed E-state index contributed by atoms with van der Waals surface area (Å²) < 4.78 is 5.54. The van der Waals surface area contributed by atoms with E-state index < -0.39 is 0 Å². The maximum absolute atomic E-state index is 10.3. The number of aromatic hydroxyl groups is 1.